The maximum atomic E-state index is 12.3. The highest BCUT2D eigenvalue weighted by Crippen LogP contribution is 2.19. The van der Waals surface area contributed by atoms with E-state index in [4.69, 9.17) is 9.84 Å². The lowest BCUT2D eigenvalue weighted by Gasteiger charge is -2.23. The van der Waals surface area contributed by atoms with Crippen LogP contribution in [0.25, 0.3) is 0 Å². The number of nitrogens with zero attached hydrogens (tertiary/aromatic N) is 1. The fraction of sp³-hybridized carbons (Fsp3) is 0.684. The van der Waals surface area contributed by atoms with Crippen LogP contribution in [0.1, 0.15) is 53.9 Å². The molecule has 0 fully saturated rings. The third-order valence-corrected chi connectivity index (χ3v) is 3.63. The summed E-state index contributed by atoms with van der Waals surface area (Å²) >= 11 is 0. The highest BCUT2D eigenvalue weighted by atomic mass is 16.6. The van der Waals surface area contributed by atoms with E-state index in [1.54, 1.807) is 20.8 Å². The molecule has 3 amide bonds. The molecule has 0 radical (unpaired) electrons. The molecule has 2 N–H and O–H groups in total. The standard InChI is InChI=1S/C19H32N2O6/c1-12(2)11-14(13(3)17(24)25)16(23)20-10-8-9-15(22)21(7)18(26)27-19(4,5)6/h12,14H,3,8-11H2,1-2,4-7H3,(H,20,23)(H,24,25)/t14-/m1/s1. The molecule has 0 aliphatic heterocycles. The maximum Gasteiger partial charge on any atom is 0.416 e. The summed E-state index contributed by atoms with van der Waals surface area (Å²) in [5, 5.41) is 11.7. The van der Waals surface area contributed by atoms with Gasteiger partial charge in [-0.25, -0.2) is 9.59 Å². The van der Waals surface area contributed by atoms with Gasteiger partial charge in [0.1, 0.15) is 5.60 Å². The second-order valence-electron chi connectivity index (χ2n) is 7.84. The number of amides is 3. The molecule has 0 aliphatic rings. The summed E-state index contributed by atoms with van der Waals surface area (Å²) in [7, 11) is 1.34. The number of imide groups is 1. The topological polar surface area (TPSA) is 113 Å². The first-order valence-corrected chi connectivity index (χ1v) is 8.95. The van der Waals surface area contributed by atoms with Gasteiger partial charge in [-0.3, -0.25) is 14.5 Å². The van der Waals surface area contributed by atoms with Crippen molar-refractivity contribution in [2.45, 2.75) is 59.5 Å². The smallest absolute Gasteiger partial charge is 0.416 e. The molecule has 0 aromatic carbocycles. The van der Waals surface area contributed by atoms with Crippen LogP contribution in [-0.2, 0) is 19.1 Å². The van der Waals surface area contributed by atoms with Crippen LogP contribution in [-0.4, -0.2) is 53.1 Å². The van der Waals surface area contributed by atoms with E-state index in [2.05, 4.69) is 11.9 Å². The van der Waals surface area contributed by atoms with Gasteiger partial charge in [0.2, 0.25) is 11.8 Å². The van der Waals surface area contributed by atoms with Gasteiger partial charge >= 0.3 is 12.1 Å². The van der Waals surface area contributed by atoms with Crippen molar-refractivity contribution >= 4 is 23.9 Å². The number of ether oxygens (including phenoxy) is 1. The minimum Gasteiger partial charge on any atom is -0.478 e. The molecule has 0 aromatic heterocycles. The summed E-state index contributed by atoms with van der Waals surface area (Å²) < 4.78 is 5.11. The van der Waals surface area contributed by atoms with Crippen LogP contribution in [0.4, 0.5) is 4.79 Å². The number of carbonyl (C=O) groups excluding carboxylic acids is 3. The van der Waals surface area contributed by atoms with E-state index in [0.29, 0.717) is 12.8 Å². The molecule has 0 rings (SSSR count). The van der Waals surface area contributed by atoms with Gasteiger partial charge in [0, 0.05) is 25.6 Å². The molecule has 0 aliphatic carbocycles. The van der Waals surface area contributed by atoms with Crippen LogP contribution in [0.3, 0.4) is 0 Å². The van der Waals surface area contributed by atoms with Crippen LogP contribution in [0, 0.1) is 11.8 Å². The fourth-order valence-electron chi connectivity index (χ4n) is 2.20. The second kappa shape index (κ2) is 10.7. The Morgan fingerprint density at radius 3 is 2.19 bits per heavy atom. The lowest BCUT2D eigenvalue weighted by molar-refractivity contribution is -0.135. The number of carboxylic acids is 1. The van der Waals surface area contributed by atoms with E-state index in [-0.39, 0.29) is 24.5 Å². The van der Waals surface area contributed by atoms with Crippen molar-refractivity contribution in [3.8, 4) is 0 Å². The Balaban J connectivity index is 4.50. The van der Waals surface area contributed by atoms with Crippen LogP contribution >= 0.6 is 0 Å². The van der Waals surface area contributed by atoms with Gasteiger partial charge in [0.15, 0.2) is 0 Å². The van der Waals surface area contributed by atoms with Crippen molar-refractivity contribution in [1.82, 2.24) is 10.2 Å². The van der Waals surface area contributed by atoms with Crippen molar-refractivity contribution in [1.29, 1.82) is 0 Å². The Labute approximate surface area is 160 Å². The number of carboxylic acid groups (broad SMARTS) is 1. The monoisotopic (exact) mass is 384 g/mol. The van der Waals surface area contributed by atoms with E-state index >= 15 is 0 Å². The van der Waals surface area contributed by atoms with E-state index < -0.39 is 35.4 Å². The van der Waals surface area contributed by atoms with Crippen LogP contribution in [0.15, 0.2) is 12.2 Å². The average molecular weight is 384 g/mol. The van der Waals surface area contributed by atoms with Gasteiger partial charge in [-0.2, -0.15) is 0 Å². The number of aliphatic carboxylic acids is 1. The van der Waals surface area contributed by atoms with Crippen molar-refractivity contribution in [3.63, 3.8) is 0 Å². The Kier molecular flexibility index (Phi) is 9.75. The average Bonchev–Trinajstić information content (AvgIpc) is 2.52. The van der Waals surface area contributed by atoms with Gasteiger partial charge in [-0.15, -0.1) is 0 Å². The number of rotatable bonds is 9. The van der Waals surface area contributed by atoms with E-state index in [0.717, 1.165) is 4.90 Å². The Morgan fingerprint density at radius 1 is 1.19 bits per heavy atom. The minimum atomic E-state index is -1.20. The van der Waals surface area contributed by atoms with Crippen LogP contribution < -0.4 is 5.32 Å². The van der Waals surface area contributed by atoms with Crippen LogP contribution in [0.2, 0.25) is 0 Å². The predicted octanol–water partition coefficient (Wildman–Crippen LogP) is 2.58. The quantitative estimate of drug-likeness (QED) is 0.467. The zero-order valence-electron chi connectivity index (χ0n) is 17.1. The lowest BCUT2D eigenvalue weighted by atomic mass is 9.90. The molecule has 154 valence electrons. The summed E-state index contributed by atoms with van der Waals surface area (Å²) in [4.78, 5) is 48.1. The third-order valence-electron chi connectivity index (χ3n) is 3.63. The first-order chi connectivity index (χ1) is 12.3. The molecule has 0 bridgehead atoms. The molecule has 0 saturated carbocycles. The molecule has 0 saturated heterocycles. The highest BCUT2D eigenvalue weighted by Gasteiger charge is 2.27. The first kappa shape index (κ1) is 24.6. The van der Waals surface area contributed by atoms with Gasteiger partial charge in [-0.1, -0.05) is 20.4 Å². The van der Waals surface area contributed by atoms with Gasteiger partial charge in [0.05, 0.1) is 5.92 Å². The molecule has 0 spiro atoms. The van der Waals surface area contributed by atoms with Crippen molar-refractivity contribution < 1.29 is 29.0 Å². The molecule has 8 nitrogen and oxygen atoms in total. The summed E-state index contributed by atoms with van der Waals surface area (Å²) in [5.74, 6) is -2.75. The van der Waals surface area contributed by atoms with E-state index in [1.165, 1.54) is 7.05 Å². The summed E-state index contributed by atoms with van der Waals surface area (Å²) in [5.41, 5.74) is -0.848. The number of nitrogens with one attached hydrogen (secondary N) is 1. The Morgan fingerprint density at radius 2 is 1.74 bits per heavy atom. The van der Waals surface area contributed by atoms with Gasteiger partial charge in [-0.05, 0) is 39.5 Å². The fourth-order valence-corrected chi connectivity index (χ4v) is 2.20. The molecule has 1 atom stereocenters. The van der Waals surface area contributed by atoms with Crippen molar-refractivity contribution in [2.75, 3.05) is 13.6 Å². The number of carbonyl (C=O) groups is 4. The molecule has 8 heteroatoms. The Hall–Kier alpha value is -2.38. The predicted molar refractivity (Wildman–Crippen MR) is 101 cm³/mol. The normalized spacial score (nSPS) is 12.3. The zero-order valence-corrected chi connectivity index (χ0v) is 17.1. The molecular weight excluding hydrogens is 352 g/mol. The molecule has 0 aromatic rings. The van der Waals surface area contributed by atoms with Gasteiger partial charge < -0.3 is 15.2 Å². The summed E-state index contributed by atoms with van der Waals surface area (Å²) in [6.45, 7) is 12.6. The largest absolute Gasteiger partial charge is 0.478 e. The van der Waals surface area contributed by atoms with Gasteiger partial charge in [0.25, 0.3) is 0 Å². The third kappa shape index (κ3) is 9.77. The molecular formula is C19H32N2O6. The SMILES string of the molecule is C=C(C(=O)O)[C@@H](CC(C)C)C(=O)NCCCC(=O)N(C)C(=O)OC(C)(C)C. The first-order valence-electron chi connectivity index (χ1n) is 8.95. The summed E-state index contributed by atoms with van der Waals surface area (Å²) in [6, 6.07) is 0. The van der Waals surface area contributed by atoms with Crippen molar-refractivity contribution in [2.24, 2.45) is 11.8 Å². The molecule has 0 heterocycles. The maximum absolute atomic E-state index is 12.3. The molecule has 27 heavy (non-hydrogen) atoms. The van der Waals surface area contributed by atoms with Crippen LogP contribution in [0.5, 0.6) is 0 Å². The highest BCUT2D eigenvalue weighted by molar-refractivity contribution is 5.95. The second-order valence-corrected chi connectivity index (χ2v) is 7.84. The van der Waals surface area contributed by atoms with E-state index in [9.17, 15) is 19.2 Å². The minimum absolute atomic E-state index is 0.0464. The van der Waals surface area contributed by atoms with E-state index in [1.807, 2.05) is 13.8 Å². The lowest BCUT2D eigenvalue weighted by Crippen LogP contribution is -2.38. The van der Waals surface area contributed by atoms with Crippen molar-refractivity contribution in [3.05, 3.63) is 12.2 Å². The number of hydrogen-bond acceptors (Lipinski definition) is 5. The molecule has 0 unspecified atom stereocenters. The summed E-state index contributed by atoms with van der Waals surface area (Å²) in [6.07, 6.45) is -0.000442. The zero-order chi connectivity index (χ0) is 21.4. The Bertz CT molecular complexity index is 577. The number of hydrogen-bond donors (Lipinski definition) is 2.